The summed E-state index contributed by atoms with van der Waals surface area (Å²) in [4.78, 5) is 26.1. The number of carbonyl (C=O) groups is 2. The largest absolute Gasteiger partial charge is 0.480 e. The molecule has 16 heavy (non-hydrogen) atoms. The van der Waals surface area contributed by atoms with Gasteiger partial charge in [0.2, 0.25) is 0 Å². The van der Waals surface area contributed by atoms with Crippen molar-refractivity contribution in [3.63, 3.8) is 0 Å². The van der Waals surface area contributed by atoms with Gasteiger partial charge in [0.1, 0.15) is 6.04 Å². The highest BCUT2D eigenvalue weighted by molar-refractivity contribution is 9.10. The minimum atomic E-state index is -1.12. The maximum atomic E-state index is 11.6. The van der Waals surface area contributed by atoms with Crippen molar-refractivity contribution in [2.24, 2.45) is 0 Å². The second-order valence-electron chi connectivity index (χ2n) is 2.94. The first-order chi connectivity index (χ1) is 7.54. The summed E-state index contributed by atoms with van der Waals surface area (Å²) in [6.45, 7) is 0. The molecule has 1 amide bonds. The van der Waals surface area contributed by atoms with E-state index in [1.54, 1.807) is 6.07 Å². The van der Waals surface area contributed by atoms with Crippen LogP contribution in [0.1, 0.15) is 10.4 Å². The van der Waals surface area contributed by atoms with Gasteiger partial charge in [0.15, 0.2) is 0 Å². The Balaban J connectivity index is 2.75. The van der Waals surface area contributed by atoms with E-state index in [1.165, 1.54) is 12.4 Å². The van der Waals surface area contributed by atoms with E-state index in [4.69, 9.17) is 5.11 Å². The van der Waals surface area contributed by atoms with Gasteiger partial charge in [-0.25, -0.2) is 4.79 Å². The molecule has 7 heteroatoms. The number of hydrogen-bond acceptors (Lipinski definition) is 4. The number of aromatic nitrogens is 1. The maximum absolute atomic E-state index is 11.6. The maximum Gasteiger partial charge on any atom is 0.327 e. The number of pyridine rings is 1. The van der Waals surface area contributed by atoms with Crippen LogP contribution in [0.4, 0.5) is 0 Å². The third-order valence-electron chi connectivity index (χ3n) is 1.75. The van der Waals surface area contributed by atoms with Crippen LogP contribution < -0.4 is 5.32 Å². The van der Waals surface area contributed by atoms with E-state index in [2.05, 4.69) is 38.9 Å². The van der Waals surface area contributed by atoms with Crippen LogP contribution in [0.15, 0.2) is 22.9 Å². The summed E-state index contributed by atoms with van der Waals surface area (Å²) in [6, 6.07) is 0.551. The third-order valence-corrected chi connectivity index (χ3v) is 2.55. The van der Waals surface area contributed by atoms with Crippen LogP contribution in [-0.4, -0.2) is 33.8 Å². The Hall–Kier alpha value is -1.08. The molecule has 5 nitrogen and oxygen atoms in total. The number of carboxylic acid groups (broad SMARTS) is 1. The van der Waals surface area contributed by atoms with Gasteiger partial charge in [-0.15, -0.1) is 0 Å². The molecule has 0 saturated heterocycles. The average Bonchev–Trinajstić information content (AvgIpc) is 2.25. The summed E-state index contributed by atoms with van der Waals surface area (Å²) in [6.07, 6.45) is 2.89. The third kappa shape index (κ3) is 3.49. The number of nitrogens with zero attached hydrogens (tertiary/aromatic N) is 1. The normalized spacial score (nSPS) is 11.9. The first-order valence-corrected chi connectivity index (χ1v) is 5.72. The molecule has 1 rings (SSSR count). The van der Waals surface area contributed by atoms with Crippen LogP contribution in [0.2, 0.25) is 0 Å². The smallest absolute Gasteiger partial charge is 0.327 e. The summed E-state index contributed by atoms with van der Waals surface area (Å²) in [5, 5.41) is 11.1. The van der Waals surface area contributed by atoms with Gasteiger partial charge in [0.25, 0.3) is 5.91 Å². The monoisotopic (exact) mass is 304 g/mol. The molecule has 0 bridgehead atoms. The number of carbonyl (C=O) groups excluding carboxylic acids is 1. The Kier molecular flexibility index (Phi) is 4.75. The van der Waals surface area contributed by atoms with E-state index in [0.717, 1.165) is 0 Å². The number of aliphatic carboxylic acids is 1. The predicted molar refractivity (Wildman–Crippen MR) is 64.7 cm³/mol. The molecule has 0 saturated carbocycles. The van der Waals surface area contributed by atoms with Crippen molar-refractivity contribution in [3.05, 3.63) is 28.5 Å². The first-order valence-electron chi connectivity index (χ1n) is 4.29. The van der Waals surface area contributed by atoms with Gasteiger partial charge in [-0.05, 0) is 22.0 Å². The number of thiol groups is 1. The van der Waals surface area contributed by atoms with E-state index in [1.807, 2.05) is 0 Å². The van der Waals surface area contributed by atoms with E-state index >= 15 is 0 Å². The van der Waals surface area contributed by atoms with Gasteiger partial charge >= 0.3 is 5.97 Å². The number of amides is 1. The minimum Gasteiger partial charge on any atom is -0.480 e. The summed E-state index contributed by atoms with van der Waals surface area (Å²) in [7, 11) is 0. The van der Waals surface area contributed by atoms with Crippen LogP contribution in [0.25, 0.3) is 0 Å². The van der Waals surface area contributed by atoms with Crippen molar-refractivity contribution < 1.29 is 14.7 Å². The minimum absolute atomic E-state index is 0.0303. The van der Waals surface area contributed by atoms with Crippen molar-refractivity contribution >= 4 is 40.4 Å². The van der Waals surface area contributed by atoms with Crippen LogP contribution >= 0.6 is 28.6 Å². The SMILES string of the molecule is O=C(N[C@@H](CS)C(=O)O)c1cncc(Br)c1. The number of hydrogen-bond donors (Lipinski definition) is 3. The van der Waals surface area contributed by atoms with Crippen LogP contribution in [-0.2, 0) is 4.79 Å². The lowest BCUT2D eigenvalue weighted by molar-refractivity contribution is -0.138. The molecule has 1 atom stereocenters. The van der Waals surface area contributed by atoms with E-state index < -0.39 is 17.9 Å². The van der Waals surface area contributed by atoms with E-state index in [9.17, 15) is 9.59 Å². The molecule has 0 spiro atoms. The fourth-order valence-corrected chi connectivity index (χ4v) is 1.58. The lowest BCUT2D eigenvalue weighted by atomic mass is 10.2. The first kappa shape index (κ1) is 13.0. The van der Waals surface area contributed by atoms with Gasteiger partial charge < -0.3 is 10.4 Å². The Morgan fingerprint density at radius 1 is 1.56 bits per heavy atom. The Labute approximate surface area is 106 Å². The predicted octanol–water partition coefficient (Wildman–Crippen LogP) is 0.957. The fourth-order valence-electron chi connectivity index (χ4n) is 0.963. The number of nitrogens with one attached hydrogen (secondary N) is 1. The van der Waals surface area contributed by atoms with Crippen molar-refractivity contribution in [3.8, 4) is 0 Å². The van der Waals surface area contributed by atoms with Crippen molar-refractivity contribution in [2.75, 3.05) is 5.75 Å². The topological polar surface area (TPSA) is 79.3 Å². The molecule has 2 N–H and O–H groups in total. The Morgan fingerprint density at radius 3 is 2.75 bits per heavy atom. The highest BCUT2D eigenvalue weighted by Crippen LogP contribution is 2.09. The van der Waals surface area contributed by atoms with Crippen LogP contribution in [0.3, 0.4) is 0 Å². The molecule has 0 fully saturated rings. The average molecular weight is 305 g/mol. The number of halogens is 1. The quantitative estimate of drug-likeness (QED) is 0.724. The van der Waals surface area contributed by atoms with Gasteiger partial charge in [0, 0.05) is 22.6 Å². The summed E-state index contributed by atoms with van der Waals surface area (Å²) in [5.74, 6) is -1.58. The fraction of sp³-hybridized carbons (Fsp3) is 0.222. The zero-order valence-electron chi connectivity index (χ0n) is 8.05. The lowest BCUT2D eigenvalue weighted by Crippen LogP contribution is -2.42. The zero-order valence-corrected chi connectivity index (χ0v) is 10.5. The highest BCUT2D eigenvalue weighted by atomic mass is 79.9. The highest BCUT2D eigenvalue weighted by Gasteiger charge is 2.18. The molecule has 0 aliphatic rings. The molecule has 0 aliphatic carbocycles. The van der Waals surface area contributed by atoms with Crippen molar-refractivity contribution in [1.29, 1.82) is 0 Å². The van der Waals surface area contributed by atoms with Gasteiger partial charge in [0.05, 0.1) is 5.56 Å². The van der Waals surface area contributed by atoms with Crippen molar-refractivity contribution in [2.45, 2.75) is 6.04 Å². The molecule has 0 unspecified atom stereocenters. The van der Waals surface area contributed by atoms with Crippen LogP contribution in [0.5, 0.6) is 0 Å². The molecular weight excluding hydrogens is 296 g/mol. The molecule has 86 valence electrons. The van der Waals surface area contributed by atoms with Gasteiger partial charge in [-0.3, -0.25) is 9.78 Å². The second kappa shape index (κ2) is 5.86. The molecule has 0 aliphatic heterocycles. The standard InChI is InChI=1S/C9H9BrN2O3S/c10-6-1-5(2-11-3-6)8(13)12-7(4-16)9(14)15/h1-3,7,16H,4H2,(H,12,13)(H,14,15)/t7-/m0/s1. The summed E-state index contributed by atoms with van der Waals surface area (Å²) < 4.78 is 0.651. The lowest BCUT2D eigenvalue weighted by Gasteiger charge is -2.11. The van der Waals surface area contributed by atoms with Gasteiger partial charge in [-0.1, -0.05) is 0 Å². The van der Waals surface area contributed by atoms with E-state index in [0.29, 0.717) is 10.0 Å². The molecule has 1 aromatic rings. The van der Waals surface area contributed by atoms with Gasteiger partial charge in [-0.2, -0.15) is 12.6 Å². The number of carboxylic acids is 1. The molecular formula is C9H9BrN2O3S. The summed E-state index contributed by atoms with van der Waals surface area (Å²) >= 11 is 7.01. The molecule has 0 aromatic carbocycles. The Morgan fingerprint density at radius 2 is 2.25 bits per heavy atom. The summed E-state index contributed by atoms with van der Waals surface area (Å²) in [5.41, 5.74) is 0.294. The van der Waals surface area contributed by atoms with Crippen molar-refractivity contribution in [1.82, 2.24) is 10.3 Å². The second-order valence-corrected chi connectivity index (χ2v) is 4.22. The Bertz CT molecular complexity index is 413. The number of rotatable bonds is 4. The molecule has 1 aromatic heterocycles. The van der Waals surface area contributed by atoms with E-state index in [-0.39, 0.29) is 5.75 Å². The zero-order chi connectivity index (χ0) is 12.1. The molecule has 1 heterocycles. The molecule has 0 radical (unpaired) electrons. The van der Waals surface area contributed by atoms with Crippen LogP contribution in [0, 0.1) is 0 Å².